The van der Waals surface area contributed by atoms with Gasteiger partial charge < -0.3 is 10.2 Å². The van der Waals surface area contributed by atoms with Crippen LogP contribution in [-0.2, 0) is 32.6 Å². The normalized spacial score (nSPS) is 14.4. The van der Waals surface area contributed by atoms with Crippen LogP contribution in [0.15, 0.2) is 77.7 Å². The Labute approximate surface area is 252 Å². The smallest absolute Gasteiger partial charge is 0.264 e. The summed E-state index contributed by atoms with van der Waals surface area (Å²) in [6, 6.07) is 19.3. The molecule has 0 unspecified atom stereocenters. The third kappa shape index (κ3) is 7.61. The van der Waals surface area contributed by atoms with Gasteiger partial charge in [-0.2, -0.15) is 0 Å². The minimum absolute atomic E-state index is 0.0446. The maximum Gasteiger partial charge on any atom is 0.264 e. The molecule has 1 saturated carbocycles. The van der Waals surface area contributed by atoms with E-state index in [0.717, 1.165) is 42.0 Å². The Morgan fingerprint density at radius 2 is 1.56 bits per heavy atom. The van der Waals surface area contributed by atoms with Gasteiger partial charge in [0.05, 0.1) is 20.6 Å². The average molecular weight is 617 g/mol. The fourth-order valence-electron chi connectivity index (χ4n) is 4.96. The number of halogens is 2. The second-order valence-corrected chi connectivity index (χ2v) is 13.0. The van der Waals surface area contributed by atoms with Crippen LogP contribution in [-0.4, -0.2) is 43.8 Å². The Balaban J connectivity index is 1.69. The topological polar surface area (TPSA) is 86.8 Å². The van der Waals surface area contributed by atoms with Crippen LogP contribution >= 0.6 is 23.2 Å². The number of nitrogens with zero attached hydrogens (tertiary/aromatic N) is 2. The summed E-state index contributed by atoms with van der Waals surface area (Å²) in [5, 5.41) is 3.76. The fraction of sp³-hybridized carbons (Fsp3) is 0.355. The Kier molecular flexibility index (Phi) is 10.3. The van der Waals surface area contributed by atoms with Crippen LogP contribution in [0.1, 0.15) is 50.7 Å². The van der Waals surface area contributed by atoms with Crippen LogP contribution in [0.5, 0.6) is 0 Å². The average Bonchev–Trinajstić information content (AvgIpc) is 3.49. The maximum atomic E-state index is 14.0. The number of carbonyl (C=O) groups is 2. The molecule has 218 valence electrons. The molecular formula is C31H35Cl2N3O4S. The summed E-state index contributed by atoms with van der Waals surface area (Å²) in [5.74, 6) is -0.806. The van der Waals surface area contributed by atoms with Crippen LogP contribution in [0, 0.1) is 0 Å². The highest BCUT2D eigenvalue weighted by atomic mass is 35.5. The van der Waals surface area contributed by atoms with Crippen molar-refractivity contribution < 1.29 is 18.0 Å². The number of rotatable bonds is 11. The van der Waals surface area contributed by atoms with E-state index < -0.39 is 28.5 Å². The van der Waals surface area contributed by atoms with Crippen LogP contribution in [0.3, 0.4) is 0 Å². The van der Waals surface area contributed by atoms with Gasteiger partial charge in [0, 0.05) is 12.6 Å². The van der Waals surface area contributed by atoms with E-state index in [4.69, 9.17) is 23.2 Å². The minimum Gasteiger partial charge on any atom is -0.352 e. The lowest BCUT2D eigenvalue weighted by molar-refractivity contribution is -0.139. The summed E-state index contributed by atoms with van der Waals surface area (Å²) < 4.78 is 28.8. The lowest BCUT2D eigenvalue weighted by atomic mass is 10.1. The van der Waals surface area contributed by atoms with E-state index in [1.807, 2.05) is 19.1 Å². The molecule has 1 aliphatic rings. The van der Waals surface area contributed by atoms with E-state index in [1.54, 1.807) is 55.5 Å². The molecule has 0 heterocycles. The number of hydrogen-bond donors (Lipinski definition) is 1. The van der Waals surface area contributed by atoms with E-state index in [0.29, 0.717) is 21.3 Å². The van der Waals surface area contributed by atoms with E-state index >= 15 is 0 Å². The summed E-state index contributed by atoms with van der Waals surface area (Å²) >= 11 is 12.4. The highest BCUT2D eigenvalue weighted by molar-refractivity contribution is 7.92. The van der Waals surface area contributed by atoms with Crippen LogP contribution in [0.2, 0.25) is 10.0 Å². The largest absolute Gasteiger partial charge is 0.352 e. The van der Waals surface area contributed by atoms with Gasteiger partial charge in [0.25, 0.3) is 10.0 Å². The molecule has 0 radical (unpaired) electrons. The molecule has 0 aromatic heterocycles. The van der Waals surface area contributed by atoms with Gasteiger partial charge in [0.15, 0.2) is 0 Å². The van der Waals surface area contributed by atoms with Gasteiger partial charge in [-0.05, 0) is 73.7 Å². The second-order valence-electron chi connectivity index (χ2n) is 10.3. The minimum atomic E-state index is -4.11. The highest BCUT2D eigenvalue weighted by Crippen LogP contribution is 2.27. The molecule has 41 heavy (non-hydrogen) atoms. The summed E-state index contributed by atoms with van der Waals surface area (Å²) in [7, 11) is -4.11. The summed E-state index contributed by atoms with van der Waals surface area (Å²) in [6.45, 7) is 3.22. The summed E-state index contributed by atoms with van der Waals surface area (Å²) in [5.41, 5.74) is 2.06. The molecule has 0 saturated heterocycles. The zero-order chi connectivity index (χ0) is 29.6. The number of hydrogen-bond acceptors (Lipinski definition) is 4. The van der Waals surface area contributed by atoms with Gasteiger partial charge in [-0.15, -0.1) is 0 Å². The first-order chi connectivity index (χ1) is 19.6. The molecule has 3 aromatic rings. The van der Waals surface area contributed by atoms with E-state index in [9.17, 15) is 18.0 Å². The molecule has 0 bridgehead atoms. The lowest BCUT2D eigenvalue weighted by Gasteiger charge is -2.32. The zero-order valence-corrected chi connectivity index (χ0v) is 25.6. The molecule has 3 aromatic carbocycles. The van der Waals surface area contributed by atoms with Crippen molar-refractivity contribution in [3.63, 3.8) is 0 Å². The molecular weight excluding hydrogens is 581 g/mol. The Morgan fingerprint density at radius 3 is 2.17 bits per heavy atom. The molecule has 1 N–H and O–H groups in total. The number of anilines is 1. The van der Waals surface area contributed by atoms with Crippen LogP contribution in [0.4, 0.5) is 5.69 Å². The first-order valence-electron chi connectivity index (χ1n) is 13.8. The number of amides is 2. The van der Waals surface area contributed by atoms with Gasteiger partial charge in [0.1, 0.15) is 12.6 Å². The predicted molar refractivity (Wildman–Crippen MR) is 164 cm³/mol. The summed E-state index contributed by atoms with van der Waals surface area (Å²) in [4.78, 5) is 28.8. The maximum absolute atomic E-state index is 14.0. The van der Waals surface area contributed by atoms with Gasteiger partial charge in [0.2, 0.25) is 11.8 Å². The van der Waals surface area contributed by atoms with Crippen molar-refractivity contribution in [2.75, 3.05) is 10.8 Å². The van der Waals surface area contributed by atoms with Crippen molar-refractivity contribution in [2.45, 2.75) is 69.5 Å². The van der Waals surface area contributed by atoms with Crippen molar-refractivity contribution in [1.82, 2.24) is 10.2 Å². The zero-order valence-electron chi connectivity index (χ0n) is 23.2. The van der Waals surface area contributed by atoms with Crippen molar-refractivity contribution in [1.29, 1.82) is 0 Å². The second kappa shape index (κ2) is 13.7. The van der Waals surface area contributed by atoms with E-state index in [1.165, 1.54) is 17.0 Å². The quantitative estimate of drug-likeness (QED) is 0.277. The fourth-order valence-corrected chi connectivity index (χ4v) is 6.71. The van der Waals surface area contributed by atoms with Crippen LogP contribution in [0.25, 0.3) is 0 Å². The lowest BCUT2D eigenvalue weighted by Crippen LogP contribution is -2.52. The summed E-state index contributed by atoms with van der Waals surface area (Å²) in [6.07, 6.45) is 4.69. The molecule has 2 amide bonds. The number of carbonyl (C=O) groups excluding carboxylic acids is 2. The van der Waals surface area contributed by atoms with Crippen molar-refractivity contribution >= 4 is 50.7 Å². The molecule has 10 heteroatoms. The molecule has 1 atom stereocenters. The first kappa shape index (κ1) is 30.9. The van der Waals surface area contributed by atoms with Gasteiger partial charge >= 0.3 is 0 Å². The monoisotopic (exact) mass is 615 g/mol. The van der Waals surface area contributed by atoms with Crippen molar-refractivity contribution in [2.24, 2.45) is 0 Å². The molecule has 7 nitrogen and oxygen atoms in total. The predicted octanol–water partition coefficient (Wildman–Crippen LogP) is 6.23. The number of nitrogens with one attached hydrogen (secondary N) is 1. The first-order valence-corrected chi connectivity index (χ1v) is 16.0. The molecule has 1 aliphatic carbocycles. The Bertz CT molecular complexity index is 1460. The van der Waals surface area contributed by atoms with Crippen molar-refractivity contribution in [3.8, 4) is 0 Å². The Hall–Kier alpha value is -3.07. The SMILES string of the molecule is CCc1ccc(N(CC(=O)N(Cc2ccc(Cl)c(Cl)c2)[C@H](C)C(=O)NC2CCCC2)S(=O)(=O)c2ccccc2)cc1. The van der Waals surface area contributed by atoms with Crippen molar-refractivity contribution in [3.05, 3.63) is 94.0 Å². The van der Waals surface area contributed by atoms with Crippen LogP contribution < -0.4 is 9.62 Å². The highest BCUT2D eigenvalue weighted by Gasteiger charge is 2.33. The van der Waals surface area contributed by atoms with E-state index in [-0.39, 0.29) is 23.4 Å². The van der Waals surface area contributed by atoms with Gasteiger partial charge in [-0.25, -0.2) is 8.42 Å². The number of benzene rings is 3. The van der Waals surface area contributed by atoms with Gasteiger partial charge in [-0.3, -0.25) is 13.9 Å². The molecule has 0 aliphatic heterocycles. The Morgan fingerprint density at radius 1 is 0.927 bits per heavy atom. The number of sulfonamides is 1. The molecule has 4 rings (SSSR count). The number of aryl methyl sites for hydroxylation is 1. The third-order valence-electron chi connectivity index (χ3n) is 7.45. The molecule has 0 spiro atoms. The third-order valence-corrected chi connectivity index (χ3v) is 9.98. The molecule has 1 fully saturated rings. The standard InChI is InChI=1S/C31H35Cl2N3O4S/c1-3-23-13-16-26(17-14-23)36(41(39,40)27-11-5-4-6-12-27)21-30(37)35(20-24-15-18-28(32)29(33)19-24)22(2)31(38)34-25-9-7-8-10-25/h4-6,11-19,22,25H,3,7-10,20-21H2,1-2H3,(H,34,38)/t22-/m1/s1. The van der Waals surface area contributed by atoms with Gasteiger partial charge in [-0.1, -0.05) is 79.4 Å². The van der Waals surface area contributed by atoms with E-state index in [2.05, 4.69) is 5.32 Å².